The zero-order valence-corrected chi connectivity index (χ0v) is 15.0. The number of hydrogen-bond donors (Lipinski definition) is 1. The highest BCUT2D eigenvalue weighted by Gasteiger charge is 2.21. The number of hydrogen-bond acceptors (Lipinski definition) is 3. The van der Waals surface area contributed by atoms with Crippen LogP contribution in [0.4, 0.5) is 4.79 Å². The zero-order valence-electron chi connectivity index (χ0n) is 15.0. The average Bonchev–Trinajstić information content (AvgIpc) is 2.90. The van der Waals surface area contributed by atoms with Crippen molar-refractivity contribution in [3.05, 3.63) is 53.7 Å². The Morgan fingerprint density at radius 1 is 1.21 bits per heavy atom. The Bertz CT molecular complexity index is 650. The number of ether oxygens (including phenoxy) is 1. The van der Waals surface area contributed by atoms with E-state index in [1.165, 1.54) is 5.56 Å². The highest BCUT2D eigenvalue weighted by molar-refractivity contribution is 5.69. The van der Waals surface area contributed by atoms with Gasteiger partial charge in [-0.25, -0.2) is 4.79 Å². The van der Waals surface area contributed by atoms with Gasteiger partial charge in [-0.2, -0.15) is 0 Å². The topological polar surface area (TPSA) is 46.5 Å². The number of rotatable bonds is 7. The van der Waals surface area contributed by atoms with E-state index in [0.717, 1.165) is 18.5 Å². The third-order valence-electron chi connectivity index (χ3n) is 4.02. The number of carbonyl (C=O) groups is 1. The fourth-order valence-electron chi connectivity index (χ4n) is 2.75. The Morgan fingerprint density at radius 2 is 1.92 bits per heavy atom. The van der Waals surface area contributed by atoms with Crippen LogP contribution in [0.15, 0.2) is 42.5 Å². The van der Waals surface area contributed by atoms with Gasteiger partial charge in [0.05, 0.1) is 6.04 Å². The molecule has 130 valence electrons. The summed E-state index contributed by atoms with van der Waals surface area (Å²) in [6.07, 6.45) is 1.58. The van der Waals surface area contributed by atoms with Crippen LogP contribution in [0.1, 0.15) is 37.1 Å². The lowest BCUT2D eigenvalue weighted by molar-refractivity contribution is 0.196. The smallest absolute Gasteiger partial charge is 0.393 e. The summed E-state index contributed by atoms with van der Waals surface area (Å²) >= 11 is 0. The number of nitrogens with zero attached hydrogens (tertiary/aromatic N) is 2. The van der Waals surface area contributed by atoms with Crippen molar-refractivity contribution in [1.29, 1.82) is 0 Å². The fourth-order valence-corrected chi connectivity index (χ4v) is 2.75. The quantitative estimate of drug-likeness (QED) is 0.790. The Morgan fingerprint density at radius 3 is 2.54 bits per heavy atom. The Hall–Kier alpha value is -2.27. The van der Waals surface area contributed by atoms with Gasteiger partial charge in [0.15, 0.2) is 0 Å². The van der Waals surface area contributed by atoms with Gasteiger partial charge >= 0.3 is 6.09 Å². The molecule has 1 aromatic heterocycles. The van der Waals surface area contributed by atoms with Crippen molar-refractivity contribution in [2.24, 2.45) is 7.05 Å². The third kappa shape index (κ3) is 4.38. The molecule has 1 N–H and O–H groups in total. The van der Waals surface area contributed by atoms with Crippen LogP contribution >= 0.6 is 0 Å². The third-order valence-corrected chi connectivity index (χ3v) is 4.02. The van der Waals surface area contributed by atoms with E-state index in [1.54, 1.807) is 0 Å². The van der Waals surface area contributed by atoms with Crippen molar-refractivity contribution < 1.29 is 9.53 Å². The lowest BCUT2D eigenvalue weighted by Gasteiger charge is -2.25. The van der Waals surface area contributed by atoms with Crippen molar-refractivity contribution in [2.75, 3.05) is 20.6 Å². The monoisotopic (exact) mass is 329 g/mol. The van der Waals surface area contributed by atoms with Gasteiger partial charge in [0.1, 0.15) is 0 Å². The first-order valence-electron chi connectivity index (χ1n) is 8.37. The molecule has 0 bridgehead atoms. The standard InChI is InChI=1S/C19H27N3O2/c1-5-6-14-20-19(23)24-17-13-12-16(22(17)4)18(21(2)3)15-10-8-7-9-11-15/h7-13,18H,5-6,14H2,1-4H3,(H,20,23). The van der Waals surface area contributed by atoms with E-state index in [4.69, 9.17) is 4.74 Å². The van der Waals surface area contributed by atoms with Gasteiger partial charge in [-0.1, -0.05) is 43.7 Å². The van der Waals surface area contributed by atoms with Crippen LogP contribution in [0, 0.1) is 0 Å². The van der Waals surface area contributed by atoms with Gasteiger partial charge in [0, 0.05) is 25.4 Å². The Kier molecular flexibility index (Phi) is 6.44. The van der Waals surface area contributed by atoms with E-state index in [-0.39, 0.29) is 6.04 Å². The van der Waals surface area contributed by atoms with Crippen LogP contribution in [0.3, 0.4) is 0 Å². The summed E-state index contributed by atoms with van der Waals surface area (Å²) in [6.45, 7) is 2.72. The van der Waals surface area contributed by atoms with Gasteiger partial charge in [-0.3, -0.25) is 4.90 Å². The lowest BCUT2D eigenvalue weighted by Crippen LogP contribution is -2.28. The average molecular weight is 329 g/mol. The van der Waals surface area contributed by atoms with E-state index in [9.17, 15) is 4.79 Å². The summed E-state index contributed by atoms with van der Waals surface area (Å²) in [6, 6.07) is 14.2. The molecule has 1 atom stereocenters. The summed E-state index contributed by atoms with van der Waals surface area (Å²) in [7, 11) is 6.01. The highest BCUT2D eigenvalue weighted by atomic mass is 16.6. The van der Waals surface area contributed by atoms with E-state index >= 15 is 0 Å². The summed E-state index contributed by atoms with van der Waals surface area (Å²) in [5.74, 6) is 0.543. The molecular formula is C19H27N3O2. The van der Waals surface area contributed by atoms with Crippen LogP contribution in [0.5, 0.6) is 5.88 Å². The molecule has 1 amide bonds. The van der Waals surface area contributed by atoms with Crippen LogP contribution in [-0.2, 0) is 7.05 Å². The summed E-state index contributed by atoms with van der Waals surface area (Å²) in [5.41, 5.74) is 2.27. The minimum absolute atomic E-state index is 0.0942. The van der Waals surface area contributed by atoms with Crippen molar-refractivity contribution in [2.45, 2.75) is 25.8 Å². The van der Waals surface area contributed by atoms with Crippen molar-refractivity contribution in [1.82, 2.24) is 14.8 Å². The number of unbranched alkanes of at least 4 members (excludes halogenated alkanes) is 1. The second-order valence-corrected chi connectivity index (χ2v) is 6.10. The second-order valence-electron chi connectivity index (χ2n) is 6.10. The van der Waals surface area contributed by atoms with Gasteiger partial charge < -0.3 is 14.6 Å². The lowest BCUT2D eigenvalue weighted by atomic mass is 10.0. The van der Waals surface area contributed by atoms with Gasteiger partial charge in [-0.05, 0) is 32.1 Å². The van der Waals surface area contributed by atoms with Crippen LogP contribution in [-0.4, -0.2) is 36.2 Å². The maximum absolute atomic E-state index is 11.9. The molecule has 5 nitrogen and oxygen atoms in total. The molecule has 1 unspecified atom stereocenters. The zero-order chi connectivity index (χ0) is 17.5. The largest absolute Gasteiger partial charge is 0.413 e. The SMILES string of the molecule is CCCCNC(=O)Oc1ccc(C(c2ccccc2)N(C)C)n1C. The maximum atomic E-state index is 11.9. The molecule has 0 radical (unpaired) electrons. The predicted octanol–water partition coefficient (Wildman–Crippen LogP) is 3.56. The summed E-state index contributed by atoms with van der Waals surface area (Å²) < 4.78 is 7.36. The molecule has 2 aromatic rings. The second kappa shape index (κ2) is 8.55. The number of benzene rings is 1. The molecule has 0 aliphatic rings. The van der Waals surface area contributed by atoms with Crippen LogP contribution in [0.25, 0.3) is 0 Å². The van der Waals surface area contributed by atoms with Gasteiger partial charge in [0.2, 0.25) is 5.88 Å². The molecule has 1 aromatic carbocycles. The van der Waals surface area contributed by atoms with E-state index < -0.39 is 6.09 Å². The molecule has 1 heterocycles. The van der Waals surface area contributed by atoms with Gasteiger partial charge in [0.25, 0.3) is 0 Å². The Labute approximate surface area is 144 Å². The first-order valence-corrected chi connectivity index (χ1v) is 8.37. The number of amides is 1. The van der Waals surface area contributed by atoms with E-state index in [0.29, 0.717) is 12.4 Å². The summed E-state index contributed by atoms with van der Waals surface area (Å²) in [5, 5.41) is 2.77. The van der Waals surface area contributed by atoms with Crippen LogP contribution in [0.2, 0.25) is 0 Å². The van der Waals surface area contributed by atoms with Crippen molar-refractivity contribution >= 4 is 6.09 Å². The molecule has 2 rings (SSSR count). The number of carbonyl (C=O) groups excluding carboxylic acids is 1. The molecule has 5 heteroatoms. The predicted molar refractivity (Wildman–Crippen MR) is 96.3 cm³/mol. The normalized spacial score (nSPS) is 12.2. The molecule has 0 fully saturated rings. The van der Waals surface area contributed by atoms with Crippen molar-refractivity contribution in [3.63, 3.8) is 0 Å². The number of nitrogens with one attached hydrogen (secondary N) is 1. The van der Waals surface area contributed by atoms with E-state index in [1.807, 2.05) is 56.0 Å². The maximum Gasteiger partial charge on any atom is 0.413 e. The molecule has 0 aliphatic carbocycles. The molecular weight excluding hydrogens is 302 g/mol. The molecule has 0 aliphatic heterocycles. The molecule has 24 heavy (non-hydrogen) atoms. The van der Waals surface area contributed by atoms with Gasteiger partial charge in [-0.15, -0.1) is 0 Å². The first kappa shape index (κ1) is 18.1. The molecule has 0 saturated heterocycles. The minimum Gasteiger partial charge on any atom is -0.393 e. The number of aromatic nitrogens is 1. The fraction of sp³-hybridized carbons (Fsp3) is 0.421. The first-order chi connectivity index (χ1) is 11.5. The minimum atomic E-state index is -0.405. The van der Waals surface area contributed by atoms with Crippen LogP contribution < -0.4 is 10.1 Å². The summed E-state index contributed by atoms with van der Waals surface area (Å²) in [4.78, 5) is 14.0. The highest BCUT2D eigenvalue weighted by Crippen LogP contribution is 2.29. The molecule has 0 spiro atoms. The molecule has 0 saturated carbocycles. The van der Waals surface area contributed by atoms with E-state index in [2.05, 4.69) is 29.3 Å². The Balaban J connectivity index is 2.17. The van der Waals surface area contributed by atoms with Crippen molar-refractivity contribution in [3.8, 4) is 5.88 Å².